The first-order chi connectivity index (χ1) is 9.81. The van der Waals surface area contributed by atoms with Gasteiger partial charge in [0.15, 0.2) is 5.82 Å². The summed E-state index contributed by atoms with van der Waals surface area (Å²) in [6.07, 6.45) is 1.66. The van der Waals surface area contributed by atoms with Gasteiger partial charge in [0.05, 0.1) is 11.4 Å². The lowest BCUT2D eigenvalue weighted by Gasteiger charge is -2.33. The third kappa shape index (κ3) is 3.68. The summed E-state index contributed by atoms with van der Waals surface area (Å²) in [5.74, 6) is 0.465. The normalized spacial score (nSPS) is 19.3. The Kier molecular flexibility index (Phi) is 4.44. The van der Waals surface area contributed by atoms with E-state index >= 15 is 0 Å². The highest BCUT2D eigenvalue weighted by atomic mass is 32.2. The summed E-state index contributed by atoms with van der Waals surface area (Å²) in [4.78, 5) is 1.94. The molecule has 0 aromatic carbocycles. The highest BCUT2D eigenvalue weighted by Crippen LogP contribution is 2.26. The molecular formula is C13H19N5O2S. The first-order valence-corrected chi connectivity index (χ1v) is 8.52. The molecule has 1 aromatic rings. The number of anilines is 1. The third-order valence-corrected chi connectivity index (χ3v) is 4.77. The van der Waals surface area contributed by atoms with Crippen LogP contribution in [0, 0.1) is 31.1 Å². The highest BCUT2D eigenvalue weighted by Gasteiger charge is 2.26. The van der Waals surface area contributed by atoms with Gasteiger partial charge in [0, 0.05) is 13.1 Å². The highest BCUT2D eigenvalue weighted by molar-refractivity contribution is 7.89. The van der Waals surface area contributed by atoms with Gasteiger partial charge in [-0.25, -0.2) is 13.6 Å². The Labute approximate surface area is 124 Å². The van der Waals surface area contributed by atoms with Crippen LogP contribution in [0.3, 0.4) is 0 Å². The number of sulfonamides is 1. The van der Waals surface area contributed by atoms with E-state index in [0.29, 0.717) is 17.9 Å². The number of aromatic nitrogens is 2. The van der Waals surface area contributed by atoms with Gasteiger partial charge in [-0.1, -0.05) is 0 Å². The number of piperidine rings is 1. The summed E-state index contributed by atoms with van der Waals surface area (Å²) in [6, 6.07) is 2.18. The zero-order valence-corrected chi connectivity index (χ0v) is 13.0. The topological polar surface area (TPSA) is 113 Å². The van der Waals surface area contributed by atoms with Crippen LogP contribution in [0.4, 0.5) is 5.82 Å². The number of nitriles is 1. The van der Waals surface area contributed by atoms with Gasteiger partial charge in [0.1, 0.15) is 11.6 Å². The number of nitrogens with two attached hydrogens (primary N) is 1. The van der Waals surface area contributed by atoms with Gasteiger partial charge in [-0.2, -0.15) is 10.4 Å². The predicted molar refractivity (Wildman–Crippen MR) is 79.1 cm³/mol. The maximum atomic E-state index is 11.2. The van der Waals surface area contributed by atoms with Crippen LogP contribution in [-0.4, -0.2) is 37.5 Å². The monoisotopic (exact) mass is 309 g/mol. The molecule has 114 valence electrons. The summed E-state index contributed by atoms with van der Waals surface area (Å²) >= 11 is 0. The molecule has 7 nitrogen and oxygen atoms in total. The van der Waals surface area contributed by atoms with Gasteiger partial charge < -0.3 is 4.90 Å². The first kappa shape index (κ1) is 15.7. The maximum Gasteiger partial charge on any atom is 0.209 e. The smallest absolute Gasteiger partial charge is 0.209 e. The zero-order valence-electron chi connectivity index (χ0n) is 12.2. The predicted octanol–water partition coefficient (Wildman–Crippen LogP) is 0.470. The van der Waals surface area contributed by atoms with Gasteiger partial charge >= 0.3 is 0 Å². The number of rotatable bonds is 3. The minimum atomic E-state index is -3.49. The van der Waals surface area contributed by atoms with Crippen molar-refractivity contribution < 1.29 is 8.42 Å². The van der Waals surface area contributed by atoms with Gasteiger partial charge in [0.25, 0.3) is 0 Å². The van der Waals surface area contributed by atoms with Crippen LogP contribution in [0.25, 0.3) is 0 Å². The molecule has 0 amide bonds. The van der Waals surface area contributed by atoms with Crippen molar-refractivity contribution in [2.75, 3.05) is 23.7 Å². The van der Waals surface area contributed by atoms with Gasteiger partial charge in [-0.15, -0.1) is 5.10 Å². The Balaban J connectivity index is 2.27. The van der Waals surface area contributed by atoms with Crippen LogP contribution in [0.1, 0.15) is 29.7 Å². The van der Waals surface area contributed by atoms with Crippen LogP contribution in [0.2, 0.25) is 0 Å². The maximum absolute atomic E-state index is 11.2. The van der Waals surface area contributed by atoms with Crippen LogP contribution in [0.5, 0.6) is 0 Å². The average molecular weight is 309 g/mol. The summed E-state index contributed by atoms with van der Waals surface area (Å²) < 4.78 is 22.5. The van der Waals surface area contributed by atoms with E-state index < -0.39 is 10.0 Å². The van der Waals surface area contributed by atoms with Crippen molar-refractivity contribution in [3.8, 4) is 6.07 Å². The lowest BCUT2D eigenvalue weighted by molar-refractivity contribution is 0.440. The van der Waals surface area contributed by atoms with Crippen molar-refractivity contribution in [1.82, 2.24) is 10.2 Å². The molecule has 0 aliphatic carbocycles. The van der Waals surface area contributed by atoms with Crippen molar-refractivity contribution in [2.45, 2.75) is 26.7 Å². The van der Waals surface area contributed by atoms with Gasteiger partial charge in [0.2, 0.25) is 10.0 Å². The molecule has 1 saturated heterocycles. The van der Waals surface area contributed by atoms with E-state index in [1.165, 1.54) is 0 Å². The minimum absolute atomic E-state index is 0.0380. The second kappa shape index (κ2) is 5.95. The van der Waals surface area contributed by atoms with Crippen molar-refractivity contribution in [2.24, 2.45) is 11.1 Å². The SMILES string of the molecule is Cc1nnc(N2CCC[C@@H](CS(N)(=O)=O)C2)c(C#N)c1C. The van der Waals surface area contributed by atoms with Crippen molar-refractivity contribution in [1.29, 1.82) is 5.26 Å². The molecule has 2 rings (SSSR count). The molecule has 0 bridgehead atoms. The Morgan fingerprint density at radius 3 is 2.76 bits per heavy atom. The summed E-state index contributed by atoms with van der Waals surface area (Å²) in [5, 5.41) is 22.7. The van der Waals surface area contributed by atoms with E-state index in [4.69, 9.17) is 5.14 Å². The largest absolute Gasteiger partial charge is 0.354 e. The Morgan fingerprint density at radius 2 is 2.14 bits per heavy atom. The fourth-order valence-electron chi connectivity index (χ4n) is 2.67. The molecule has 1 fully saturated rings. The molecule has 1 aliphatic rings. The number of nitrogens with zero attached hydrogens (tertiary/aromatic N) is 4. The second-order valence-corrected chi connectivity index (χ2v) is 7.16. The molecule has 2 N–H and O–H groups in total. The van der Waals surface area contributed by atoms with E-state index in [0.717, 1.165) is 30.6 Å². The third-order valence-electron chi connectivity index (χ3n) is 3.83. The number of aryl methyl sites for hydroxylation is 1. The molecule has 21 heavy (non-hydrogen) atoms. The first-order valence-electron chi connectivity index (χ1n) is 6.81. The average Bonchev–Trinajstić information content (AvgIpc) is 2.40. The summed E-state index contributed by atoms with van der Waals surface area (Å²) in [7, 11) is -3.49. The fraction of sp³-hybridized carbons (Fsp3) is 0.615. The lowest BCUT2D eigenvalue weighted by Crippen LogP contribution is -2.40. The molecule has 0 unspecified atom stereocenters. The van der Waals surface area contributed by atoms with Crippen LogP contribution in [-0.2, 0) is 10.0 Å². The molecule has 1 aliphatic heterocycles. The molecule has 8 heteroatoms. The number of hydrogen-bond donors (Lipinski definition) is 1. The quantitative estimate of drug-likeness (QED) is 0.868. The number of primary sulfonamides is 1. The zero-order chi connectivity index (χ0) is 15.6. The molecule has 1 aromatic heterocycles. The van der Waals surface area contributed by atoms with Crippen molar-refractivity contribution in [3.63, 3.8) is 0 Å². The lowest BCUT2D eigenvalue weighted by atomic mass is 9.99. The van der Waals surface area contributed by atoms with E-state index in [9.17, 15) is 13.7 Å². The van der Waals surface area contributed by atoms with Crippen molar-refractivity contribution >= 4 is 15.8 Å². The Bertz CT molecular complexity index is 681. The molecule has 0 spiro atoms. The molecule has 1 atom stereocenters. The Morgan fingerprint density at radius 1 is 1.43 bits per heavy atom. The standard InChI is InChI=1S/C13H19N5O2S/c1-9-10(2)16-17-13(12(9)6-14)18-5-3-4-11(7-18)8-21(15,19)20/h11H,3-5,7-8H2,1-2H3,(H2,15,19,20)/t11-/m1/s1. The van der Waals surface area contributed by atoms with Gasteiger partial charge in [-0.05, 0) is 38.2 Å². The number of hydrogen-bond acceptors (Lipinski definition) is 6. The van der Waals surface area contributed by atoms with Crippen molar-refractivity contribution in [3.05, 3.63) is 16.8 Å². The van der Waals surface area contributed by atoms with E-state index in [1.807, 2.05) is 18.7 Å². The minimum Gasteiger partial charge on any atom is -0.354 e. The molecule has 0 saturated carbocycles. The van der Waals surface area contributed by atoms with Crippen LogP contribution >= 0.6 is 0 Å². The molecular weight excluding hydrogens is 290 g/mol. The summed E-state index contributed by atoms with van der Waals surface area (Å²) in [6.45, 7) is 4.93. The van der Waals surface area contributed by atoms with E-state index in [2.05, 4.69) is 16.3 Å². The molecule has 0 radical (unpaired) electrons. The van der Waals surface area contributed by atoms with E-state index in [-0.39, 0.29) is 11.7 Å². The Hall–Kier alpha value is -1.72. The van der Waals surface area contributed by atoms with E-state index in [1.54, 1.807) is 0 Å². The fourth-order valence-corrected chi connectivity index (χ4v) is 3.60. The van der Waals surface area contributed by atoms with Crippen LogP contribution < -0.4 is 10.0 Å². The second-order valence-electron chi connectivity index (χ2n) is 5.50. The molecule has 2 heterocycles. The van der Waals surface area contributed by atoms with Gasteiger partial charge in [-0.3, -0.25) is 0 Å². The summed E-state index contributed by atoms with van der Waals surface area (Å²) in [5.41, 5.74) is 2.06. The van der Waals surface area contributed by atoms with Crippen LogP contribution in [0.15, 0.2) is 0 Å².